The molecule has 1 N–H and O–H groups in total. The summed E-state index contributed by atoms with van der Waals surface area (Å²) in [5, 5.41) is 2.06. The van der Waals surface area contributed by atoms with E-state index in [4.69, 9.17) is 16.3 Å². The lowest BCUT2D eigenvalue weighted by Crippen LogP contribution is -2.27. The van der Waals surface area contributed by atoms with Crippen LogP contribution in [0.2, 0.25) is 5.02 Å². The summed E-state index contributed by atoms with van der Waals surface area (Å²) in [6, 6.07) is 13.7. The Kier molecular flexibility index (Phi) is 6.37. The third-order valence-electron chi connectivity index (χ3n) is 4.03. The predicted octanol–water partition coefficient (Wildman–Crippen LogP) is 5.29. The molecule has 0 spiro atoms. The molecular formula is C21H14ClF3N2O3. The van der Waals surface area contributed by atoms with Gasteiger partial charge in [0.2, 0.25) is 6.10 Å². The van der Waals surface area contributed by atoms with Gasteiger partial charge in [0.25, 0.3) is 5.91 Å². The Morgan fingerprint density at radius 2 is 1.67 bits per heavy atom. The lowest BCUT2D eigenvalue weighted by Gasteiger charge is -2.20. The maximum absolute atomic E-state index is 13.3. The standard InChI is InChI=1S/C21H14ClF3N2O3/c22-15-6-7-17(16(12-15)21(23,24)25)27-19(28)18(13-4-2-1-3-5-13)30-20(29)14-8-10-26-11-9-14/h1-12,18H,(H,27,28)/t18-/m1/s1. The van der Waals surface area contributed by atoms with Crippen LogP contribution in [0.5, 0.6) is 0 Å². The number of amides is 1. The molecule has 9 heteroatoms. The molecule has 0 saturated heterocycles. The van der Waals surface area contributed by atoms with E-state index in [1.54, 1.807) is 18.2 Å². The number of ether oxygens (including phenoxy) is 1. The lowest BCUT2D eigenvalue weighted by molar-refractivity contribution is -0.137. The number of halogens is 4. The van der Waals surface area contributed by atoms with Gasteiger partial charge in [-0.1, -0.05) is 41.9 Å². The lowest BCUT2D eigenvalue weighted by atomic mass is 10.1. The molecule has 0 unspecified atom stereocenters. The maximum atomic E-state index is 13.3. The van der Waals surface area contributed by atoms with Crippen molar-refractivity contribution in [3.8, 4) is 0 Å². The van der Waals surface area contributed by atoms with Gasteiger partial charge in [0.1, 0.15) is 0 Å². The van der Waals surface area contributed by atoms with Crippen molar-refractivity contribution in [2.45, 2.75) is 12.3 Å². The molecule has 5 nitrogen and oxygen atoms in total. The average molecular weight is 435 g/mol. The highest BCUT2D eigenvalue weighted by atomic mass is 35.5. The van der Waals surface area contributed by atoms with Gasteiger partial charge in [0, 0.05) is 23.0 Å². The summed E-state index contributed by atoms with van der Waals surface area (Å²) in [5.74, 6) is -1.77. The second-order valence-electron chi connectivity index (χ2n) is 6.11. The molecule has 154 valence electrons. The van der Waals surface area contributed by atoms with E-state index in [1.807, 2.05) is 0 Å². The van der Waals surface area contributed by atoms with Crippen LogP contribution >= 0.6 is 11.6 Å². The van der Waals surface area contributed by atoms with E-state index in [0.29, 0.717) is 11.6 Å². The van der Waals surface area contributed by atoms with Crippen LogP contribution in [0.3, 0.4) is 0 Å². The van der Waals surface area contributed by atoms with Gasteiger partial charge in [-0.15, -0.1) is 0 Å². The van der Waals surface area contributed by atoms with Gasteiger partial charge in [0.05, 0.1) is 16.8 Å². The summed E-state index contributed by atoms with van der Waals surface area (Å²) in [6.45, 7) is 0. The minimum atomic E-state index is -4.75. The molecule has 0 fully saturated rings. The Balaban J connectivity index is 1.91. The number of pyridine rings is 1. The van der Waals surface area contributed by atoms with Gasteiger partial charge < -0.3 is 10.1 Å². The molecule has 0 aliphatic heterocycles. The molecule has 30 heavy (non-hydrogen) atoms. The van der Waals surface area contributed by atoms with E-state index in [1.165, 1.54) is 42.7 Å². The predicted molar refractivity (Wildman–Crippen MR) is 104 cm³/mol. The van der Waals surface area contributed by atoms with Crippen molar-refractivity contribution < 1.29 is 27.5 Å². The molecule has 0 saturated carbocycles. The summed E-state index contributed by atoms with van der Waals surface area (Å²) in [4.78, 5) is 29.1. The average Bonchev–Trinajstić information content (AvgIpc) is 2.73. The number of nitrogens with zero attached hydrogens (tertiary/aromatic N) is 1. The van der Waals surface area contributed by atoms with E-state index >= 15 is 0 Å². The minimum absolute atomic E-state index is 0.135. The number of hydrogen-bond donors (Lipinski definition) is 1. The largest absolute Gasteiger partial charge is 0.444 e. The summed E-state index contributed by atoms with van der Waals surface area (Å²) in [6.07, 6.45) is -3.48. The topological polar surface area (TPSA) is 68.3 Å². The minimum Gasteiger partial charge on any atom is -0.444 e. The van der Waals surface area contributed by atoms with Crippen LogP contribution in [0.4, 0.5) is 18.9 Å². The van der Waals surface area contributed by atoms with Gasteiger partial charge in [-0.25, -0.2) is 4.79 Å². The highest BCUT2D eigenvalue weighted by molar-refractivity contribution is 6.30. The van der Waals surface area contributed by atoms with E-state index < -0.39 is 35.4 Å². The molecule has 0 aliphatic rings. The number of anilines is 1. The molecule has 1 heterocycles. The number of carbonyl (C=O) groups excluding carboxylic acids is 2. The van der Waals surface area contributed by atoms with Gasteiger partial charge in [-0.05, 0) is 30.3 Å². The van der Waals surface area contributed by atoms with Crippen LogP contribution in [-0.4, -0.2) is 16.9 Å². The zero-order chi connectivity index (χ0) is 21.7. The van der Waals surface area contributed by atoms with Crippen molar-refractivity contribution in [1.82, 2.24) is 4.98 Å². The van der Waals surface area contributed by atoms with Crippen LogP contribution in [-0.2, 0) is 15.7 Å². The normalized spacial score (nSPS) is 12.1. The molecule has 2 aromatic carbocycles. The number of rotatable bonds is 5. The van der Waals surface area contributed by atoms with Crippen molar-refractivity contribution in [2.24, 2.45) is 0 Å². The molecule has 0 aliphatic carbocycles. The molecule has 3 aromatic rings. The molecular weight excluding hydrogens is 421 g/mol. The SMILES string of the molecule is O=C(O[C@@H](C(=O)Nc1ccc(Cl)cc1C(F)(F)F)c1ccccc1)c1ccncc1. The van der Waals surface area contributed by atoms with Gasteiger partial charge >= 0.3 is 12.1 Å². The fraction of sp³-hybridized carbons (Fsp3) is 0.0952. The first-order chi connectivity index (χ1) is 14.3. The van der Waals surface area contributed by atoms with Crippen LogP contribution in [0, 0.1) is 0 Å². The molecule has 1 aromatic heterocycles. The van der Waals surface area contributed by atoms with Crippen LogP contribution < -0.4 is 5.32 Å². The molecule has 3 rings (SSSR count). The second-order valence-corrected chi connectivity index (χ2v) is 6.55. The number of nitrogens with one attached hydrogen (secondary N) is 1. The van der Waals surface area contributed by atoms with Crippen molar-refractivity contribution in [3.63, 3.8) is 0 Å². The second kappa shape index (κ2) is 8.96. The van der Waals surface area contributed by atoms with E-state index in [-0.39, 0.29) is 10.6 Å². The number of hydrogen-bond acceptors (Lipinski definition) is 4. The highest BCUT2D eigenvalue weighted by Crippen LogP contribution is 2.37. The zero-order valence-electron chi connectivity index (χ0n) is 15.2. The molecule has 1 atom stereocenters. The third kappa shape index (κ3) is 5.15. The summed E-state index contributed by atoms with van der Waals surface area (Å²) in [5.41, 5.74) is -1.19. The third-order valence-corrected chi connectivity index (χ3v) is 4.26. The number of esters is 1. The van der Waals surface area contributed by atoms with Crippen molar-refractivity contribution in [3.05, 3.63) is 94.8 Å². The summed E-state index contributed by atoms with van der Waals surface area (Å²) >= 11 is 5.67. The zero-order valence-corrected chi connectivity index (χ0v) is 15.9. The number of alkyl halides is 3. The smallest absolute Gasteiger partial charge is 0.418 e. The highest BCUT2D eigenvalue weighted by Gasteiger charge is 2.35. The molecule has 0 bridgehead atoms. The Hall–Kier alpha value is -3.39. The fourth-order valence-electron chi connectivity index (χ4n) is 2.62. The molecule has 1 amide bonds. The Labute approximate surface area is 174 Å². The Morgan fingerprint density at radius 1 is 1.00 bits per heavy atom. The summed E-state index contributed by atoms with van der Waals surface area (Å²) in [7, 11) is 0. The van der Waals surface area contributed by atoms with E-state index in [0.717, 1.165) is 6.07 Å². The quantitative estimate of drug-likeness (QED) is 0.554. The monoisotopic (exact) mass is 434 g/mol. The van der Waals surface area contributed by atoms with Crippen LogP contribution in [0.15, 0.2) is 73.1 Å². The first kappa shape index (κ1) is 21.3. The first-order valence-electron chi connectivity index (χ1n) is 8.59. The first-order valence-corrected chi connectivity index (χ1v) is 8.97. The van der Waals surface area contributed by atoms with Crippen molar-refractivity contribution >= 4 is 29.2 Å². The van der Waals surface area contributed by atoms with E-state index in [2.05, 4.69) is 10.3 Å². The number of benzene rings is 2. The van der Waals surface area contributed by atoms with Crippen LogP contribution in [0.1, 0.15) is 27.6 Å². The maximum Gasteiger partial charge on any atom is 0.418 e. The van der Waals surface area contributed by atoms with Gasteiger partial charge in [-0.3, -0.25) is 9.78 Å². The van der Waals surface area contributed by atoms with E-state index in [9.17, 15) is 22.8 Å². The summed E-state index contributed by atoms with van der Waals surface area (Å²) < 4.78 is 45.3. The Bertz CT molecular complexity index is 1040. The van der Waals surface area contributed by atoms with Crippen molar-refractivity contribution in [2.75, 3.05) is 5.32 Å². The Morgan fingerprint density at radius 3 is 2.30 bits per heavy atom. The number of aromatic nitrogens is 1. The molecule has 0 radical (unpaired) electrons. The fourth-order valence-corrected chi connectivity index (χ4v) is 2.79. The van der Waals surface area contributed by atoms with Gasteiger partial charge in [-0.2, -0.15) is 13.2 Å². The van der Waals surface area contributed by atoms with Crippen molar-refractivity contribution in [1.29, 1.82) is 0 Å². The van der Waals surface area contributed by atoms with Gasteiger partial charge in [0.15, 0.2) is 0 Å². The van der Waals surface area contributed by atoms with Crippen LogP contribution in [0.25, 0.3) is 0 Å². The number of carbonyl (C=O) groups is 2.